The first kappa shape index (κ1) is 20.4. The Morgan fingerprint density at radius 2 is 2.03 bits per heavy atom. The number of benzene rings is 1. The molecule has 164 valence electrons. The van der Waals surface area contributed by atoms with Crippen molar-refractivity contribution in [2.45, 2.75) is 53.1 Å². The molecule has 0 unspecified atom stereocenters. The average molecular weight is 430 g/mol. The average Bonchev–Trinajstić information content (AvgIpc) is 3.38. The standard InChI is InChI=1S/C24H27N7O/c1-4-19-21(30-14-16(3)12-26-24(30)27-19)23(32)25-13-17-5-7-18(8-6-17)22-28-20-11-15(2)9-10-31(20)29-22/h5-8,12,14-15H,4,9-11,13H2,1-3H3,(H,25,32)/t15-/m1/s1. The third kappa shape index (κ3) is 3.77. The van der Waals surface area contributed by atoms with Gasteiger partial charge in [-0.05, 0) is 36.8 Å². The summed E-state index contributed by atoms with van der Waals surface area (Å²) < 4.78 is 3.81. The Balaban J connectivity index is 1.30. The van der Waals surface area contributed by atoms with Gasteiger partial charge in [-0.3, -0.25) is 9.20 Å². The first-order valence-corrected chi connectivity index (χ1v) is 11.2. The Morgan fingerprint density at radius 1 is 1.22 bits per heavy atom. The molecule has 0 saturated carbocycles. The van der Waals surface area contributed by atoms with Crippen LogP contribution in [0.2, 0.25) is 0 Å². The van der Waals surface area contributed by atoms with Gasteiger partial charge in [-0.2, -0.15) is 5.10 Å². The quantitative estimate of drug-likeness (QED) is 0.525. The molecule has 0 saturated heterocycles. The van der Waals surface area contributed by atoms with Gasteiger partial charge < -0.3 is 5.32 Å². The van der Waals surface area contributed by atoms with Crippen LogP contribution in [0, 0.1) is 12.8 Å². The van der Waals surface area contributed by atoms with Crippen LogP contribution < -0.4 is 5.32 Å². The van der Waals surface area contributed by atoms with E-state index < -0.39 is 0 Å². The molecule has 1 aliphatic rings. The van der Waals surface area contributed by atoms with Gasteiger partial charge in [0, 0.05) is 37.5 Å². The molecule has 4 heterocycles. The van der Waals surface area contributed by atoms with E-state index in [1.165, 1.54) is 0 Å². The normalized spacial score (nSPS) is 15.7. The first-order chi connectivity index (χ1) is 15.5. The lowest BCUT2D eigenvalue weighted by Crippen LogP contribution is -2.25. The summed E-state index contributed by atoms with van der Waals surface area (Å²) in [7, 11) is 0. The fourth-order valence-electron chi connectivity index (χ4n) is 4.18. The fourth-order valence-corrected chi connectivity index (χ4v) is 4.18. The second kappa shape index (κ2) is 8.18. The topological polar surface area (TPSA) is 90.0 Å². The molecule has 1 aromatic carbocycles. The van der Waals surface area contributed by atoms with Crippen LogP contribution in [0.5, 0.6) is 0 Å². The molecule has 0 radical (unpaired) electrons. The second-order valence-electron chi connectivity index (χ2n) is 8.61. The molecule has 3 aromatic heterocycles. The minimum absolute atomic E-state index is 0.150. The van der Waals surface area contributed by atoms with Gasteiger partial charge in [0.1, 0.15) is 11.5 Å². The van der Waals surface area contributed by atoms with E-state index in [4.69, 9.17) is 4.98 Å². The largest absolute Gasteiger partial charge is 0.347 e. The van der Waals surface area contributed by atoms with E-state index in [1.807, 2.05) is 49.0 Å². The zero-order chi connectivity index (χ0) is 22.2. The van der Waals surface area contributed by atoms with Crippen LogP contribution in [0.4, 0.5) is 0 Å². The molecule has 5 rings (SSSR count). The van der Waals surface area contributed by atoms with Crippen molar-refractivity contribution in [3.8, 4) is 11.4 Å². The molecule has 0 fully saturated rings. The summed E-state index contributed by atoms with van der Waals surface area (Å²) >= 11 is 0. The van der Waals surface area contributed by atoms with Crippen molar-refractivity contribution in [2.75, 3.05) is 0 Å². The first-order valence-electron chi connectivity index (χ1n) is 11.2. The number of hydrogen-bond donors (Lipinski definition) is 1. The number of nitrogens with one attached hydrogen (secondary N) is 1. The lowest BCUT2D eigenvalue weighted by Gasteiger charge is -2.17. The molecule has 1 N–H and O–H groups in total. The number of hydrogen-bond acceptors (Lipinski definition) is 5. The third-order valence-corrected chi connectivity index (χ3v) is 6.01. The monoisotopic (exact) mass is 429 g/mol. The van der Waals surface area contributed by atoms with Crippen LogP contribution in [-0.4, -0.2) is 35.0 Å². The highest BCUT2D eigenvalue weighted by molar-refractivity contribution is 5.94. The number of amides is 1. The van der Waals surface area contributed by atoms with Crippen LogP contribution in [0.15, 0.2) is 36.7 Å². The number of imidazole rings is 1. The van der Waals surface area contributed by atoms with E-state index in [-0.39, 0.29) is 5.91 Å². The zero-order valence-electron chi connectivity index (χ0n) is 18.7. The van der Waals surface area contributed by atoms with Crippen molar-refractivity contribution in [3.63, 3.8) is 0 Å². The van der Waals surface area contributed by atoms with Gasteiger partial charge in [-0.15, -0.1) is 0 Å². The number of aryl methyl sites for hydroxylation is 3. The predicted octanol–water partition coefficient (Wildman–Crippen LogP) is 3.37. The van der Waals surface area contributed by atoms with Crippen LogP contribution in [-0.2, 0) is 25.9 Å². The smallest absolute Gasteiger partial charge is 0.270 e. The molecule has 4 aromatic rings. The van der Waals surface area contributed by atoms with Crippen molar-refractivity contribution in [2.24, 2.45) is 5.92 Å². The molecule has 1 amide bonds. The summed E-state index contributed by atoms with van der Waals surface area (Å²) in [5, 5.41) is 7.70. The molecule has 32 heavy (non-hydrogen) atoms. The predicted molar refractivity (Wildman–Crippen MR) is 121 cm³/mol. The van der Waals surface area contributed by atoms with Gasteiger partial charge in [0.25, 0.3) is 5.91 Å². The lowest BCUT2D eigenvalue weighted by molar-refractivity contribution is 0.0944. The molecule has 0 aliphatic carbocycles. The van der Waals surface area contributed by atoms with Crippen LogP contribution >= 0.6 is 0 Å². The van der Waals surface area contributed by atoms with Crippen LogP contribution in [0.1, 0.15) is 53.4 Å². The lowest BCUT2D eigenvalue weighted by atomic mass is 10.0. The van der Waals surface area contributed by atoms with Gasteiger partial charge in [0.2, 0.25) is 5.78 Å². The molecular weight excluding hydrogens is 402 g/mol. The highest BCUT2D eigenvalue weighted by atomic mass is 16.1. The SMILES string of the molecule is CCc1nc2ncc(C)cn2c1C(=O)NCc1ccc(-c2nc3n(n2)CC[C@@H](C)C3)cc1. The maximum Gasteiger partial charge on any atom is 0.270 e. The number of carbonyl (C=O) groups excluding carboxylic acids is 1. The molecule has 8 nitrogen and oxygen atoms in total. The van der Waals surface area contributed by atoms with E-state index in [9.17, 15) is 4.79 Å². The summed E-state index contributed by atoms with van der Waals surface area (Å²) in [5.74, 6) is 2.90. The van der Waals surface area contributed by atoms with Gasteiger partial charge in [-0.25, -0.2) is 19.6 Å². The summed E-state index contributed by atoms with van der Waals surface area (Å²) in [6, 6.07) is 8.06. The molecular formula is C24H27N7O. The maximum absolute atomic E-state index is 13.0. The molecule has 1 atom stereocenters. The molecule has 8 heteroatoms. The van der Waals surface area contributed by atoms with E-state index in [0.717, 1.165) is 53.4 Å². The molecule has 0 bridgehead atoms. The minimum atomic E-state index is -0.150. The number of nitrogens with zero attached hydrogens (tertiary/aromatic N) is 6. The van der Waals surface area contributed by atoms with Gasteiger partial charge in [0.15, 0.2) is 5.82 Å². The number of aromatic nitrogens is 6. The molecule has 1 aliphatic heterocycles. The second-order valence-corrected chi connectivity index (χ2v) is 8.61. The zero-order valence-corrected chi connectivity index (χ0v) is 18.7. The van der Waals surface area contributed by atoms with E-state index in [0.29, 0.717) is 30.4 Å². The van der Waals surface area contributed by atoms with E-state index >= 15 is 0 Å². The van der Waals surface area contributed by atoms with Crippen molar-refractivity contribution in [3.05, 3.63) is 65.0 Å². The Bertz CT molecular complexity index is 1290. The Morgan fingerprint density at radius 3 is 2.81 bits per heavy atom. The summed E-state index contributed by atoms with van der Waals surface area (Å²) in [6.45, 7) is 7.57. The summed E-state index contributed by atoms with van der Waals surface area (Å²) in [5.41, 5.74) is 4.29. The number of fused-ring (bicyclic) bond motifs is 2. The minimum Gasteiger partial charge on any atom is -0.347 e. The number of rotatable bonds is 5. The van der Waals surface area contributed by atoms with Gasteiger partial charge >= 0.3 is 0 Å². The van der Waals surface area contributed by atoms with E-state index in [2.05, 4.69) is 27.3 Å². The summed E-state index contributed by atoms with van der Waals surface area (Å²) in [6.07, 6.45) is 6.46. The Hall–Kier alpha value is -3.55. The van der Waals surface area contributed by atoms with Crippen molar-refractivity contribution in [1.29, 1.82) is 0 Å². The highest BCUT2D eigenvalue weighted by Gasteiger charge is 2.20. The summed E-state index contributed by atoms with van der Waals surface area (Å²) in [4.78, 5) is 26.6. The van der Waals surface area contributed by atoms with Crippen molar-refractivity contribution < 1.29 is 4.79 Å². The van der Waals surface area contributed by atoms with Crippen molar-refractivity contribution in [1.82, 2.24) is 34.4 Å². The molecule has 0 spiro atoms. The maximum atomic E-state index is 13.0. The Kier molecular flexibility index (Phi) is 5.20. The highest BCUT2D eigenvalue weighted by Crippen LogP contribution is 2.23. The van der Waals surface area contributed by atoms with E-state index in [1.54, 1.807) is 10.6 Å². The Labute approximate surface area is 186 Å². The van der Waals surface area contributed by atoms with Crippen LogP contribution in [0.3, 0.4) is 0 Å². The van der Waals surface area contributed by atoms with Gasteiger partial charge in [-0.1, -0.05) is 38.1 Å². The number of carbonyl (C=O) groups is 1. The fraction of sp³-hybridized carbons (Fsp3) is 0.375. The van der Waals surface area contributed by atoms with Crippen molar-refractivity contribution >= 4 is 11.7 Å². The van der Waals surface area contributed by atoms with Crippen LogP contribution in [0.25, 0.3) is 17.2 Å². The van der Waals surface area contributed by atoms with Gasteiger partial charge in [0.05, 0.1) is 5.69 Å². The third-order valence-electron chi connectivity index (χ3n) is 6.01.